The van der Waals surface area contributed by atoms with Gasteiger partial charge in [0.2, 0.25) is 0 Å². The number of hydrogen-bond donors (Lipinski definition) is 0. The normalized spacial score (nSPS) is 4.46. The molecule has 0 saturated heterocycles. The summed E-state index contributed by atoms with van der Waals surface area (Å²) in [6, 6.07) is 10.0. The fourth-order valence-corrected chi connectivity index (χ4v) is 0.321. The molecule has 0 heterocycles. The number of hydrogen-bond acceptors (Lipinski definition) is 3. The Kier molecular flexibility index (Phi) is 132. The molecule has 0 amide bonds. The molecule has 1 aromatic rings. The summed E-state index contributed by atoms with van der Waals surface area (Å²) in [4.78, 5) is 0. The Bertz CT molecular complexity index is 71.3. The second-order valence-electron chi connectivity index (χ2n) is 0.962. The maximum absolute atomic E-state index is 8.25. The Hall–Kier alpha value is -0.0557. The minimum Gasteiger partial charge on any atom is -0.857 e. The van der Waals surface area contributed by atoms with Crippen molar-refractivity contribution in [2.75, 3.05) is 21.3 Å². The van der Waals surface area contributed by atoms with Gasteiger partial charge in [0, 0.05) is 0 Å². The van der Waals surface area contributed by atoms with E-state index in [1.54, 1.807) is 0 Å². The Balaban J connectivity index is -0.0000000239. The quantitative estimate of drug-likeness (QED) is 0.407. The van der Waals surface area contributed by atoms with Crippen LogP contribution in [0.4, 0.5) is 0 Å². The summed E-state index contributed by atoms with van der Waals surface area (Å²) in [6.45, 7) is 0. The SMILES string of the molecule is C[O-].C[O-].C[O-].[CH3-].[Ti+3].c1cc[cH-]c1. The van der Waals surface area contributed by atoms with Gasteiger partial charge in [0.15, 0.2) is 0 Å². The van der Waals surface area contributed by atoms with Gasteiger partial charge in [-0.3, -0.25) is 0 Å². The first kappa shape index (κ1) is 29.3. The first-order valence-corrected chi connectivity index (χ1v) is 2.89. The molecule has 0 aliphatic heterocycles. The molecule has 0 aliphatic carbocycles. The molecule has 0 saturated carbocycles. The molecule has 3 nitrogen and oxygen atoms in total. The van der Waals surface area contributed by atoms with Gasteiger partial charge in [0.1, 0.15) is 0 Å². The van der Waals surface area contributed by atoms with Crippen LogP contribution in [0, 0.1) is 7.43 Å². The molecular formula is C9H17O3Ti-2. The molecule has 77 valence electrons. The molecule has 0 N–H and O–H groups in total. The Morgan fingerprint density at radius 1 is 0.769 bits per heavy atom. The van der Waals surface area contributed by atoms with Crippen molar-refractivity contribution >= 4 is 0 Å². The van der Waals surface area contributed by atoms with E-state index in [9.17, 15) is 0 Å². The third kappa shape index (κ3) is 48.3. The van der Waals surface area contributed by atoms with E-state index in [1.807, 2.05) is 30.3 Å². The predicted molar refractivity (Wildman–Crippen MR) is 46.2 cm³/mol. The zero-order chi connectivity index (χ0) is 9.54. The molecular weight excluding hydrogens is 204 g/mol. The van der Waals surface area contributed by atoms with Crippen LogP contribution in [0.1, 0.15) is 0 Å². The summed E-state index contributed by atoms with van der Waals surface area (Å²) in [6.07, 6.45) is 0. The van der Waals surface area contributed by atoms with Crippen molar-refractivity contribution in [3.63, 3.8) is 0 Å². The van der Waals surface area contributed by atoms with Crippen molar-refractivity contribution in [3.8, 4) is 0 Å². The average Bonchev–Trinajstić information content (AvgIpc) is 2.71. The molecule has 0 aliphatic rings. The van der Waals surface area contributed by atoms with E-state index in [-0.39, 0.29) is 29.1 Å². The molecule has 1 aromatic carbocycles. The van der Waals surface area contributed by atoms with Gasteiger partial charge in [-0.1, -0.05) is 0 Å². The van der Waals surface area contributed by atoms with Gasteiger partial charge in [0.25, 0.3) is 0 Å². The molecule has 0 unspecified atom stereocenters. The molecule has 4 heteroatoms. The zero-order valence-corrected chi connectivity index (χ0v) is 10.2. The van der Waals surface area contributed by atoms with Crippen LogP contribution in [-0.2, 0) is 21.7 Å². The van der Waals surface area contributed by atoms with Gasteiger partial charge in [-0.25, -0.2) is 12.1 Å². The first-order valence-electron chi connectivity index (χ1n) is 2.89. The Morgan fingerprint density at radius 2 is 1.00 bits per heavy atom. The summed E-state index contributed by atoms with van der Waals surface area (Å²) in [5, 5.41) is 24.8. The molecule has 0 bridgehead atoms. The van der Waals surface area contributed by atoms with E-state index in [1.165, 1.54) is 0 Å². The summed E-state index contributed by atoms with van der Waals surface area (Å²) in [5.74, 6) is 0. The van der Waals surface area contributed by atoms with Gasteiger partial charge in [-0.05, 0) is 0 Å². The van der Waals surface area contributed by atoms with Crippen molar-refractivity contribution < 1.29 is 37.0 Å². The van der Waals surface area contributed by atoms with Gasteiger partial charge in [0.05, 0.1) is 0 Å². The van der Waals surface area contributed by atoms with Crippen LogP contribution >= 0.6 is 0 Å². The van der Waals surface area contributed by atoms with Crippen molar-refractivity contribution in [3.05, 3.63) is 37.8 Å². The van der Waals surface area contributed by atoms with E-state index in [4.69, 9.17) is 15.3 Å². The number of rotatable bonds is 0. The average molecular weight is 221 g/mol. The van der Waals surface area contributed by atoms with Gasteiger partial charge in [-0.15, -0.1) is 0 Å². The van der Waals surface area contributed by atoms with E-state index >= 15 is 0 Å². The van der Waals surface area contributed by atoms with Gasteiger partial charge < -0.3 is 22.7 Å². The topological polar surface area (TPSA) is 69.2 Å². The van der Waals surface area contributed by atoms with Crippen LogP contribution in [0.5, 0.6) is 0 Å². The maximum atomic E-state index is 8.25. The Labute approximate surface area is 96.3 Å². The third-order valence-corrected chi connectivity index (χ3v) is 0.556. The summed E-state index contributed by atoms with van der Waals surface area (Å²) in [7, 11) is 2.25. The van der Waals surface area contributed by atoms with Crippen LogP contribution in [0.3, 0.4) is 0 Å². The summed E-state index contributed by atoms with van der Waals surface area (Å²) in [5.41, 5.74) is 0. The molecule has 0 atom stereocenters. The van der Waals surface area contributed by atoms with E-state index in [0.717, 1.165) is 21.3 Å². The minimum atomic E-state index is 0. The van der Waals surface area contributed by atoms with Crippen LogP contribution in [0.25, 0.3) is 0 Å². The fourth-order valence-electron chi connectivity index (χ4n) is 0.321. The fraction of sp³-hybridized carbons (Fsp3) is 0.333. The van der Waals surface area contributed by atoms with Gasteiger partial charge >= 0.3 is 21.7 Å². The predicted octanol–water partition coefficient (Wildman–Crippen LogP) is -1.22. The minimum absolute atomic E-state index is 0. The Morgan fingerprint density at radius 3 is 1.08 bits per heavy atom. The van der Waals surface area contributed by atoms with E-state index in [2.05, 4.69) is 0 Å². The van der Waals surface area contributed by atoms with Crippen LogP contribution < -0.4 is 15.3 Å². The monoisotopic (exact) mass is 221 g/mol. The molecule has 0 aromatic heterocycles. The first-order chi connectivity index (χ1) is 5.50. The second kappa shape index (κ2) is 58.5. The maximum Gasteiger partial charge on any atom is 3.00 e. The molecule has 1 rings (SSSR count). The van der Waals surface area contributed by atoms with Gasteiger partial charge in [-0.2, -0.15) is 39.5 Å². The smallest absolute Gasteiger partial charge is 0.857 e. The molecule has 0 spiro atoms. The van der Waals surface area contributed by atoms with E-state index in [0.29, 0.717) is 0 Å². The zero-order valence-electron chi connectivity index (χ0n) is 8.61. The summed E-state index contributed by atoms with van der Waals surface area (Å²) < 4.78 is 0. The van der Waals surface area contributed by atoms with Crippen LogP contribution in [-0.4, -0.2) is 21.3 Å². The molecule has 13 heavy (non-hydrogen) atoms. The standard InChI is InChI=1S/C5H5.3CH3O.CH3.Ti/c1-2-4-5-3-1;3*1-2;;/h1-5H;3*1H3;1H3;/q5*-1;+3. The van der Waals surface area contributed by atoms with E-state index < -0.39 is 0 Å². The van der Waals surface area contributed by atoms with Crippen molar-refractivity contribution in [2.24, 2.45) is 0 Å². The van der Waals surface area contributed by atoms with Crippen molar-refractivity contribution in [1.29, 1.82) is 0 Å². The largest absolute Gasteiger partial charge is 3.00 e. The second-order valence-corrected chi connectivity index (χ2v) is 0.962. The summed E-state index contributed by atoms with van der Waals surface area (Å²) >= 11 is 0. The molecule has 1 radical (unpaired) electrons. The van der Waals surface area contributed by atoms with Crippen molar-refractivity contribution in [1.82, 2.24) is 0 Å². The van der Waals surface area contributed by atoms with Crippen LogP contribution in [0.15, 0.2) is 30.3 Å². The van der Waals surface area contributed by atoms with Crippen molar-refractivity contribution in [2.45, 2.75) is 0 Å². The van der Waals surface area contributed by atoms with Crippen LogP contribution in [0.2, 0.25) is 0 Å². The third-order valence-electron chi connectivity index (χ3n) is 0.556. The molecule has 0 fully saturated rings.